The highest BCUT2D eigenvalue weighted by atomic mass is 32.1. The van der Waals surface area contributed by atoms with Crippen LogP contribution in [0.15, 0.2) is 5.38 Å². The van der Waals surface area contributed by atoms with E-state index >= 15 is 0 Å². The van der Waals surface area contributed by atoms with Crippen LogP contribution < -0.4 is 5.32 Å². The number of rotatable bonds is 9. The van der Waals surface area contributed by atoms with Crippen LogP contribution in [0.2, 0.25) is 0 Å². The lowest BCUT2D eigenvalue weighted by Crippen LogP contribution is -2.33. The standard InChI is InChI=1S/C15H29N3S/c1-6-7-16-8-15-17-14(11-19-15)10-18(13(4)5)9-12(2)3/h11-13,16H,6-10H2,1-5H3. The molecule has 0 saturated heterocycles. The van der Waals surface area contributed by atoms with Gasteiger partial charge in [0, 0.05) is 31.1 Å². The molecule has 1 heterocycles. The van der Waals surface area contributed by atoms with E-state index in [2.05, 4.69) is 50.2 Å². The lowest BCUT2D eigenvalue weighted by Gasteiger charge is -2.27. The van der Waals surface area contributed by atoms with Crippen LogP contribution in [-0.4, -0.2) is 29.0 Å². The molecule has 0 aliphatic carbocycles. The summed E-state index contributed by atoms with van der Waals surface area (Å²) < 4.78 is 0. The Bertz CT molecular complexity index is 347. The van der Waals surface area contributed by atoms with Crippen LogP contribution in [0.3, 0.4) is 0 Å². The third kappa shape index (κ3) is 6.50. The summed E-state index contributed by atoms with van der Waals surface area (Å²) in [4.78, 5) is 7.23. The minimum atomic E-state index is 0.575. The van der Waals surface area contributed by atoms with Gasteiger partial charge in [-0.2, -0.15) is 0 Å². The number of thiazole rings is 1. The first-order valence-corrected chi connectivity index (χ1v) is 8.28. The van der Waals surface area contributed by atoms with E-state index in [1.54, 1.807) is 11.3 Å². The maximum Gasteiger partial charge on any atom is 0.107 e. The molecule has 0 radical (unpaired) electrons. The molecule has 0 amide bonds. The zero-order chi connectivity index (χ0) is 14.3. The molecular formula is C15H29N3S. The molecule has 1 aromatic heterocycles. The van der Waals surface area contributed by atoms with Gasteiger partial charge in [-0.15, -0.1) is 11.3 Å². The summed E-state index contributed by atoms with van der Waals surface area (Å²) >= 11 is 1.77. The third-order valence-corrected chi connectivity index (χ3v) is 3.89. The average molecular weight is 283 g/mol. The van der Waals surface area contributed by atoms with E-state index in [1.807, 2.05) is 0 Å². The number of hydrogen-bond acceptors (Lipinski definition) is 4. The van der Waals surface area contributed by atoms with Crippen molar-refractivity contribution in [3.63, 3.8) is 0 Å². The third-order valence-electron chi connectivity index (χ3n) is 3.00. The summed E-state index contributed by atoms with van der Waals surface area (Å²) in [5.41, 5.74) is 1.22. The van der Waals surface area contributed by atoms with Gasteiger partial charge in [0.15, 0.2) is 0 Å². The first kappa shape index (κ1) is 16.6. The Kier molecular flexibility index (Phi) is 7.57. The normalized spacial score (nSPS) is 12.0. The molecule has 1 rings (SSSR count). The van der Waals surface area contributed by atoms with Gasteiger partial charge in [0.05, 0.1) is 5.69 Å². The van der Waals surface area contributed by atoms with Crippen molar-refractivity contribution in [3.8, 4) is 0 Å². The summed E-state index contributed by atoms with van der Waals surface area (Å²) in [6.07, 6.45) is 1.17. The molecule has 0 aliphatic rings. The van der Waals surface area contributed by atoms with Gasteiger partial charge in [-0.25, -0.2) is 4.98 Å². The van der Waals surface area contributed by atoms with Crippen LogP contribution in [0.1, 0.15) is 51.7 Å². The highest BCUT2D eigenvalue weighted by molar-refractivity contribution is 7.09. The maximum atomic E-state index is 4.73. The molecule has 0 fully saturated rings. The molecule has 0 unspecified atom stereocenters. The van der Waals surface area contributed by atoms with Crippen LogP contribution in [0.4, 0.5) is 0 Å². The number of hydrogen-bond donors (Lipinski definition) is 1. The molecule has 4 heteroatoms. The molecular weight excluding hydrogens is 254 g/mol. The fourth-order valence-corrected chi connectivity index (χ4v) is 2.76. The average Bonchev–Trinajstić information content (AvgIpc) is 2.76. The second-order valence-corrected chi connectivity index (χ2v) is 6.77. The highest BCUT2D eigenvalue weighted by Crippen LogP contribution is 2.14. The van der Waals surface area contributed by atoms with Crippen LogP contribution >= 0.6 is 11.3 Å². The van der Waals surface area contributed by atoms with E-state index in [0.717, 1.165) is 26.2 Å². The van der Waals surface area contributed by atoms with Crippen molar-refractivity contribution in [1.29, 1.82) is 0 Å². The quantitative estimate of drug-likeness (QED) is 0.703. The van der Waals surface area contributed by atoms with E-state index in [-0.39, 0.29) is 0 Å². The number of aromatic nitrogens is 1. The summed E-state index contributed by atoms with van der Waals surface area (Å²) in [6, 6.07) is 0.575. The van der Waals surface area contributed by atoms with E-state index in [0.29, 0.717) is 12.0 Å². The Morgan fingerprint density at radius 3 is 2.63 bits per heavy atom. The van der Waals surface area contributed by atoms with Gasteiger partial charge < -0.3 is 5.32 Å². The van der Waals surface area contributed by atoms with Gasteiger partial charge in [-0.1, -0.05) is 20.8 Å². The predicted octanol–water partition coefficient (Wildman–Crippen LogP) is 3.51. The van der Waals surface area contributed by atoms with Gasteiger partial charge in [0.25, 0.3) is 0 Å². The molecule has 0 saturated carbocycles. The topological polar surface area (TPSA) is 28.2 Å². The summed E-state index contributed by atoms with van der Waals surface area (Å²) in [7, 11) is 0. The molecule has 0 spiro atoms. The zero-order valence-corrected chi connectivity index (χ0v) is 13.9. The predicted molar refractivity (Wildman–Crippen MR) is 84.5 cm³/mol. The van der Waals surface area contributed by atoms with Crippen LogP contribution in [0.25, 0.3) is 0 Å². The smallest absolute Gasteiger partial charge is 0.107 e. The zero-order valence-electron chi connectivity index (χ0n) is 13.1. The van der Waals surface area contributed by atoms with Gasteiger partial charge in [0.1, 0.15) is 5.01 Å². The molecule has 0 bridgehead atoms. The Hall–Kier alpha value is -0.450. The molecule has 0 aromatic carbocycles. The first-order valence-electron chi connectivity index (χ1n) is 7.41. The van der Waals surface area contributed by atoms with Crippen molar-refractivity contribution in [2.45, 2.75) is 60.2 Å². The second kappa shape index (κ2) is 8.67. The SMILES string of the molecule is CCCNCc1nc(CN(CC(C)C)C(C)C)cs1. The van der Waals surface area contributed by atoms with E-state index in [1.165, 1.54) is 17.1 Å². The number of nitrogens with one attached hydrogen (secondary N) is 1. The van der Waals surface area contributed by atoms with Crippen molar-refractivity contribution in [2.24, 2.45) is 5.92 Å². The van der Waals surface area contributed by atoms with Gasteiger partial charge in [-0.3, -0.25) is 4.90 Å². The first-order chi connectivity index (χ1) is 9.02. The molecule has 0 aliphatic heterocycles. The Balaban J connectivity index is 2.50. The van der Waals surface area contributed by atoms with Crippen molar-refractivity contribution < 1.29 is 0 Å². The minimum Gasteiger partial charge on any atom is -0.310 e. The van der Waals surface area contributed by atoms with Crippen LogP contribution in [-0.2, 0) is 13.1 Å². The van der Waals surface area contributed by atoms with Crippen molar-refractivity contribution in [3.05, 3.63) is 16.1 Å². The molecule has 0 atom stereocenters. The maximum absolute atomic E-state index is 4.73. The molecule has 1 N–H and O–H groups in total. The summed E-state index contributed by atoms with van der Waals surface area (Å²) in [5, 5.41) is 6.82. The highest BCUT2D eigenvalue weighted by Gasteiger charge is 2.13. The number of nitrogens with zero attached hydrogens (tertiary/aromatic N) is 2. The lowest BCUT2D eigenvalue weighted by molar-refractivity contribution is 0.187. The Morgan fingerprint density at radius 2 is 2.05 bits per heavy atom. The summed E-state index contributed by atoms with van der Waals surface area (Å²) in [5.74, 6) is 0.701. The minimum absolute atomic E-state index is 0.575. The molecule has 1 aromatic rings. The Labute approximate surface area is 122 Å². The van der Waals surface area contributed by atoms with E-state index < -0.39 is 0 Å². The van der Waals surface area contributed by atoms with Gasteiger partial charge in [-0.05, 0) is 32.7 Å². The van der Waals surface area contributed by atoms with Crippen LogP contribution in [0.5, 0.6) is 0 Å². The Morgan fingerprint density at radius 1 is 1.32 bits per heavy atom. The molecule has 3 nitrogen and oxygen atoms in total. The van der Waals surface area contributed by atoms with Gasteiger partial charge in [0.2, 0.25) is 0 Å². The van der Waals surface area contributed by atoms with Gasteiger partial charge >= 0.3 is 0 Å². The van der Waals surface area contributed by atoms with Crippen molar-refractivity contribution >= 4 is 11.3 Å². The van der Waals surface area contributed by atoms with E-state index in [9.17, 15) is 0 Å². The fraction of sp³-hybridized carbons (Fsp3) is 0.800. The van der Waals surface area contributed by atoms with E-state index in [4.69, 9.17) is 4.98 Å². The molecule has 110 valence electrons. The lowest BCUT2D eigenvalue weighted by atomic mass is 10.1. The van der Waals surface area contributed by atoms with Crippen LogP contribution in [0, 0.1) is 5.92 Å². The largest absolute Gasteiger partial charge is 0.310 e. The molecule has 19 heavy (non-hydrogen) atoms. The fourth-order valence-electron chi connectivity index (χ4n) is 2.01. The van der Waals surface area contributed by atoms with Crippen molar-refractivity contribution in [1.82, 2.24) is 15.2 Å². The monoisotopic (exact) mass is 283 g/mol. The summed E-state index contributed by atoms with van der Waals surface area (Å²) in [6.45, 7) is 15.3. The second-order valence-electron chi connectivity index (χ2n) is 5.83. The van der Waals surface area contributed by atoms with Crippen molar-refractivity contribution in [2.75, 3.05) is 13.1 Å².